The highest BCUT2D eigenvalue weighted by atomic mass is 35.5. The quantitative estimate of drug-likeness (QED) is 0.416. The summed E-state index contributed by atoms with van der Waals surface area (Å²) in [5, 5.41) is 21.3. The maximum absolute atomic E-state index is 13.2. The van der Waals surface area contributed by atoms with Gasteiger partial charge in [0.05, 0.1) is 11.8 Å². The van der Waals surface area contributed by atoms with E-state index in [0.717, 1.165) is 4.57 Å². The zero-order valence-electron chi connectivity index (χ0n) is 18.7. The van der Waals surface area contributed by atoms with Gasteiger partial charge >= 0.3 is 11.7 Å². The van der Waals surface area contributed by atoms with Gasteiger partial charge in [0, 0.05) is 30.5 Å². The normalized spacial score (nSPS) is 11.4. The summed E-state index contributed by atoms with van der Waals surface area (Å²) >= 11 is 5.94. The highest BCUT2D eigenvalue weighted by Crippen LogP contribution is 2.20. The zero-order chi connectivity index (χ0) is 25.4. The number of benzene rings is 2. The second kappa shape index (κ2) is 11.8. The van der Waals surface area contributed by atoms with Gasteiger partial charge in [-0.1, -0.05) is 54.1 Å². The highest BCUT2D eigenvalue weighted by Gasteiger charge is 2.22. The van der Waals surface area contributed by atoms with Gasteiger partial charge in [0.25, 0.3) is 5.56 Å². The summed E-state index contributed by atoms with van der Waals surface area (Å²) in [6.07, 6.45) is 0.607. The van der Waals surface area contributed by atoms with Gasteiger partial charge < -0.3 is 10.4 Å². The largest absolute Gasteiger partial charge is 0.480 e. The van der Waals surface area contributed by atoms with Gasteiger partial charge in [-0.25, -0.2) is 9.59 Å². The molecule has 0 saturated carbocycles. The van der Waals surface area contributed by atoms with Gasteiger partial charge in [-0.3, -0.25) is 18.7 Å². The molecule has 2 aromatic carbocycles. The Kier molecular flexibility index (Phi) is 8.59. The van der Waals surface area contributed by atoms with Crippen molar-refractivity contribution in [1.82, 2.24) is 14.5 Å². The van der Waals surface area contributed by atoms with E-state index in [4.69, 9.17) is 16.9 Å². The van der Waals surface area contributed by atoms with E-state index in [1.807, 2.05) is 6.07 Å². The Labute approximate surface area is 205 Å². The number of amides is 1. The third-order valence-corrected chi connectivity index (χ3v) is 5.56. The van der Waals surface area contributed by atoms with Gasteiger partial charge in [-0.05, 0) is 29.7 Å². The summed E-state index contributed by atoms with van der Waals surface area (Å²) in [7, 11) is 0. The lowest BCUT2D eigenvalue weighted by atomic mass is 10.1. The highest BCUT2D eigenvalue weighted by molar-refractivity contribution is 6.30. The number of rotatable bonds is 10. The van der Waals surface area contributed by atoms with Crippen LogP contribution >= 0.6 is 11.6 Å². The summed E-state index contributed by atoms with van der Waals surface area (Å²) in [6, 6.07) is 17.4. The van der Waals surface area contributed by atoms with Crippen molar-refractivity contribution < 1.29 is 14.7 Å². The maximum Gasteiger partial charge on any atom is 0.331 e. The molecule has 0 radical (unpaired) electrons. The van der Waals surface area contributed by atoms with E-state index in [1.165, 1.54) is 10.6 Å². The Hall–Kier alpha value is -4.16. The number of aromatic nitrogens is 2. The van der Waals surface area contributed by atoms with Crippen molar-refractivity contribution >= 4 is 23.5 Å². The molecule has 0 aliphatic rings. The molecule has 0 spiro atoms. The van der Waals surface area contributed by atoms with Crippen molar-refractivity contribution in [2.24, 2.45) is 0 Å². The Morgan fingerprint density at radius 1 is 1.06 bits per heavy atom. The summed E-state index contributed by atoms with van der Waals surface area (Å²) in [5.41, 5.74) is 0.182. The van der Waals surface area contributed by atoms with Crippen molar-refractivity contribution in [1.29, 1.82) is 5.26 Å². The number of hydrogen-bond acceptors (Lipinski definition) is 5. The fourth-order valence-electron chi connectivity index (χ4n) is 3.59. The second-order valence-electron chi connectivity index (χ2n) is 7.80. The van der Waals surface area contributed by atoms with E-state index in [2.05, 4.69) is 5.32 Å². The lowest BCUT2D eigenvalue weighted by molar-refractivity contribution is -0.141. The van der Waals surface area contributed by atoms with Crippen LogP contribution in [0.1, 0.15) is 18.4 Å². The SMILES string of the molecule is N#CCCCn1c(-c2ccc(Cl)cc2)cc(=O)n(CC(=O)NC(Cc2ccccc2)C(=O)O)c1=O. The maximum atomic E-state index is 13.2. The topological polar surface area (TPSA) is 134 Å². The van der Waals surface area contributed by atoms with Gasteiger partial charge in [-0.15, -0.1) is 0 Å². The molecule has 35 heavy (non-hydrogen) atoms. The van der Waals surface area contributed by atoms with Crippen molar-refractivity contribution in [2.45, 2.75) is 38.4 Å². The predicted octanol–water partition coefficient (Wildman–Crippen LogP) is 2.45. The molecule has 3 aromatic rings. The van der Waals surface area contributed by atoms with Crippen LogP contribution in [-0.4, -0.2) is 32.2 Å². The fourth-order valence-corrected chi connectivity index (χ4v) is 3.71. The van der Waals surface area contributed by atoms with Crippen LogP contribution in [0.25, 0.3) is 11.3 Å². The number of hydrogen-bond donors (Lipinski definition) is 2. The molecule has 1 atom stereocenters. The first-order valence-corrected chi connectivity index (χ1v) is 11.2. The first-order valence-electron chi connectivity index (χ1n) is 10.8. The first kappa shape index (κ1) is 25.5. The first-order chi connectivity index (χ1) is 16.8. The van der Waals surface area contributed by atoms with E-state index in [0.29, 0.717) is 28.3 Å². The van der Waals surface area contributed by atoms with E-state index in [-0.39, 0.29) is 19.4 Å². The van der Waals surface area contributed by atoms with E-state index in [9.17, 15) is 24.3 Å². The molecular formula is C25H23ClN4O5. The number of carboxylic acids is 1. The Bertz CT molecular complexity index is 1360. The average molecular weight is 495 g/mol. The molecule has 1 aromatic heterocycles. The molecule has 0 fully saturated rings. The van der Waals surface area contributed by atoms with Gasteiger partial charge in [-0.2, -0.15) is 5.26 Å². The summed E-state index contributed by atoms with van der Waals surface area (Å²) in [4.78, 5) is 50.3. The van der Waals surface area contributed by atoms with Crippen LogP contribution in [0, 0.1) is 11.3 Å². The number of nitrogens with zero attached hydrogens (tertiary/aromatic N) is 3. The number of unbranched alkanes of at least 4 members (excludes halogenated alkanes) is 1. The number of carbonyl (C=O) groups excluding carboxylic acids is 1. The van der Waals surface area contributed by atoms with Crippen molar-refractivity contribution in [3.63, 3.8) is 0 Å². The summed E-state index contributed by atoms with van der Waals surface area (Å²) in [6.45, 7) is -0.493. The summed E-state index contributed by atoms with van der Waals surface area (Å²) < 4.78 is 2.08. The molecule has 180 valence electrons. The minimum absolute atomic E-state index is 0.0463. The molecule has 10 heteroatoms. The molecule has 0 bridgehead atoms. The van der Waals surface area contributed by atoms with Gasteiger partial charge in [0.15, 0.2) is 0 Å². The third-order valence-electron chi connectivity index (χ3n) is 5.31. The summed E-state index contributed by atoms with van der Waals surface area (Å²) in [5.74, 6) is -2.02. The lowest BCUT2D eigenvalue weighted by Crippen LogP contribution is -2.48. The minimum atomic E-state index is -1.23. The van der Waals surface area contributed by atoms with Crippen LogP contribution in [0.5, 0.6) is 0 Å². The molecule has 3 rings (SSSR count). The van der Waals surface area contributed by atoms with Crippen LogP contribution in [0.2, 0.25) is 5.02 Å². The van der Waals surface area contributed by atoms with Crippen molar-refractivity contribution in [2.75, 3.05) is 0 Å². The van der Waals surface area contributed by atoms with Crippen molar-refractivity contribution in [3.8, 4) is 17.3 Å². The molecule has 1 unspecified atom stereocenters. The number of carboxylic acid groups (broad SMARTS) is 1. The van der Waals surface area contributed by atoms with Crippen LogP contribution in [0.4, 0.5) is 0 Å². The van der Waals surface area contributed by atoms with Crippen LogP contribution in [0.15, 0.2) is 70.3 Å². The minimum Gasteiger partial charge on any atom is -0.480 e. The number of nitriles is 1. The van der Waals surface area contributed by atoms with Gasteiger partial charge in [0.1, 0.15) is 12.6 Å². The van der Waals surface area contributed by atoms with Crippen LogP contribution < -0.4 is 16.6 Å². The molecule has 9 nitrogen and oxygen atoms in total. The van der Waals surface area contributed by atoms with Gasteiger partial charge in [0.2, 0.25) is 5.91 Å². The second-order valence-corrected chi connectivity index (χ2v) is 8.24. The average Bonchev–Trinajstić information content (AvgIpc) is 2.84. The van der Waals surface area contributed by atoms with Crippen molar-refractivity contribution in [3.05, 3.63) is 92.1 Å². The predicted molar refractivity (Wildman–Crippen MR) is 130 cm³/mol. The molecule has 2 N–H and O–H groups in total. The lowest BCUT2D eigenvalue weighted by Gasteiger charge is -2.17. The standard InChI is InChI=1S/C25H23ClN4O5/c26-19-10-8-18(9-11-19)21-15-23(32)30(25(35)29(21)13-5-4-12-27)16-22(31)28-20(24(33)34)14-17-6-2-1-3-7-17/h1-3,6-11,15,20H,4-5,13-14,16H2,(H,28,31)(H,33,34). The van der Waals surface area contributed by atoms with Crippen LogP contribution in [-0.2, 0) is 29.1 Å². The van der Waals surface area contributed by atoms with E-state index < -0.39 is 35.7 Å². The Balaban J connectivity index is 1.90. The van der Waals surface area contributed by atoms with E-state index >= 15 is 0 Å². The molecule has 1 amide bonds. The molecule has 0 aliphatic carbocycles. The molecule has 1 heterocycles. The third kappa shape index (κ3) is 6.68. The molecule has 0 saturated heterocycles. The molecule has 0 aliphatic heterocycles. The Morgan fingerprint density at radius 2 is 1.74 bits per heavy atom. The number of carbonyl (C=O) groups is 2. The zero-order valence-corrected chi connectivity index (χ0v) is 19.4. The monoisotopic (exact) mass is 494 g/mol. The number of aliphatic carboxylic acids is 1. The number of halogens is 1. The Morgan fingerprint density at radius 3 is 2.37 bits per heavy atom. The molecular weight excluding hydrogens is 472 g/mol. The van der Waals surface area contributed by atoms with E-state index in [1.54, 1.807) is 54.6 Å². The fraction of sp³-hybridized carbons (Fsp3) is 0.240. The number of nitrogens with one attached hydrogen (secondary N) is 1. The van der Waals surface area contributed by atoms with Crippen LogP contribution in [0.3, 0.4) is 0 Å². The smallest absolute Gasteiger partial charge is 0.331 e.